The van der Waals surface area contributed by atoms with Gasteiger partial charge in [0.25, 0.3) is 5.91 Å². The first-order chi connectivity index (χ1) is 7.74. The van der Waals surface area contributed by atoms with Gasteiger partial charge in [-0.1, -0.05) is 0 Å². The molecule has 2 fully saturated rings. The van der Waals surface area contributed by atoms with E-state index in [0.29, 0.717) is 11.8 Å². The molecule has 0 radical (unpaired) electrons. The van der Waals surface area contributed by atoms with Crippen molar-refractivity contribution in [2.24, 2.45) is 11.8 Å². The number of carbonyl (C=O) groups excluding carboxylic acids is 1. The lowest BCUT2D eigenvalue weighted by atomic mass is 10.0. The summed E-state index contributed by atoms with van der Waals surface area (Å²) in [6.45, 7) is 4.20. The van der Waals surface area contributed by atoms with Crippen molar-refractivity contribution in [3.8, 4) is 0 Å². The van der Waals surface area contributed by atoms with Gasteiger partial charge in [-0.15, -0.1) is 0 Å². The Morgan fingerprint density at radius 3 is 2.56 bits per heavy atom. The molecule has 0 bridgehead atoms. The highest BCUT2D eigenvalue weighted by atomic mass is 32.1. The van der Waals surface area contributed by atoms with Crippen LogP contribution < -0.4 is 0 Å². The first-order valence-corrected chi connectivity index (χ1v) is 6.68. The summed E-state index contributed by atoms with van der Waals surface area (Å²) in [7, 11) is 2.17. The van der Waals surface area contributed by atoms with E-state index in [1.54, 1.807) is 11.3 Å². The monoisotopic (exact) mass is 236 g/mol. The molecule has 2 aliphatic rings. The van der Waals surface area contributed by atoms with E-state index in [9.17, 15) is 4.79 Å². The van der Waals surface area contributed by atoms with Crippen LogP contribution in [0.5, 0.6) is 0 Å². The summed E-state index contributed by atoms with van der Waals surface area (Å²) in [6, 6.07) is 1.92. The molecule has 0 spiro atoms. The van der Waals surface area contributed by atoms with Gasteiger partial charge in [-0.3, -0.25) is 4.79 Å². The molecule has 2 unspecified atom stereocenters. The van der Waals surface area contributed by atoms with E-state index < -0.39 is 0 Å². The van der Waals surface area contributed by atoms with Gasteiger partial charge in [-0.05, 0) is 30.3 Å². The van der Waals surface area contributed by atoms with Crippen LogP contribution in [0.1, 0.15) is 10.4 Å². The summed E-state index contributed by atoms with van der Waals surface area (Å²) < 4.78 is 0. The van der Waals surface area contributed by atoms with Crippen LogP contribution in [0.2, 0.25) is 0 Å². The second-order valence-electron chi connectivity index (χ2n) is 4.96. The molecule has 3 heterocycles. The van der Waals surface area contributed by atoms with Crippen molar-refractivity contribution in [3.63, 3.8) is 0 Å². The maximum atomic E-state index is 12.1. The fourth-order valence-electron chi connectivity index (χ4n) is 2.96. The molecule has 1 amide bonds. The molecule has 3 rings (SSSR count). The molecule has 1 aromatic heterocycles. The Labute approximate surface area is 99.7 Å². The Hall–Kier alpha value is -0.870. The minimum Gasteiger partial charge on any atom is -0.338 e. The summed E-state index contributed by atoms with van der Waals surface area (Å²) in [6.07, 6.45) is 0. The number of fused-ring (bicyclic) bond motifs is 1. The highest BCUT2D eigenvalue weighted by Gasteiger charge is 2.40. The minimum atomic E-state index is 0.221. The Kier molecular flexibility index (Phi) is 2.48. The predicted octanol–water partition coefficient (Wildman–Crippen LogP) is 1.38. The molecule has 2 saturated heterocycles. The Balaban J connectivity index is 1.69. The number of carbonyl (C=O) groups is 1. The number of hydrogen-bond acceptors (Lipinski definition) is 3. The third-order valence-corrected chi connectivity index (χ3v) is 4.41. The van der Waals surface area contributed by atoms with Crippen LogP contribution in [-0.2, 0) is 0 Å². The molecule has 0 saturated carbocycles. The van der Waals surface area contributed by atoms with Gasteiger partial charge in [0.2, 0.25) is 0 Å². The molecular formula is C12H16N2OS. The van der Waals surface area contributed by atoms with Crippen molar-refractivity contribution in [1.29, 1.82) is 0 Å². The van der Waals surface area contributed by atoms with E-state index in [0.717, 1.165) is 31.7 Å². The number of hydrogen-bond donors (Lipinski definition) is 0. The van der Waals surface area contributed by atoms with Crippen molar-refractivity contribution in [2.75, 3.05) is 33.2 Å². The van der Waals surface area contributed by atoms with Crippen molar-refractivity contribution in [1.82, 2.24) is 9.80 Å². The number of rotatable bonds is 1. The lowest BCUT2D eigenvalue weighted by molar-refractivity contribution is 0.0776. The molecule has 2 atom stereocenters. The zero-order valence-electron chi connectivity index (χ0n) is 9.43. The maximum Gasteiger partial charge on any atom is 0.254 e. The molecule has 3 nitrogen and oxygen atoms in total. The number of nitrogens with zero attached hydrogens (tertiary/aromatic N) is 2. The first-order valence-electron chi connectivity index (χ1n) is 5.74. The molecular weight excluding hydrogens is 220 g/mol. The van der Waals surface area contributed by atoms with Crippen molar-refractivity contribution in [2.45, 2.75) is 0 Å². The second kappa shape index (κ2) is 3.86. The van der Waals surface area contributed by atoms with Gasteiger partial charge < -0.3 is 9.80 Å². The highest BCUT2D eigenvalue weighted by Crippen LogP contribution is 2.31. The van der Waals surface area contributed by atoms with Crippen LogP contribution in [0, 0.1) is 11.8 Å². The summed E-state index contributed by atoms with van der Waals surface area (Å²) in [5.41, 5.74) is 0.860. The number of amides is 1. The second-order valence-corrected chi connectivity index (χ2v) is 5.74. The van der Waals surface area contributed by atoms with Gasteiger partial charge in [0.05, 0.1) is 5.56 Å². The van der Waals surface area contributed by atoms with Crippen molar-refractivity contribution in [3.05, 3.63) is 22.4 Å². The highest BCUT2D eigenvalue weighted by molar-refractivity contribution is 7.08. The molecule has 0 aromatic carbocycles. The Morgan fingerprint density at radius 1 is 1.31 bits per heavy atom. The van der Waals surface area contributed by atoms with Gasteiger partial charge in [-0.2, -0.15) is 11.3 Å². The summed E-state index contributed by atoms with van der Waals surface area (Å²) in [4.78, 5) is 16.5. The Morgan fingerprint density at radius 2 is 2.00 bits per heavy atom. The molecule has 2 aliphatic heterocycles. The molecule has 0 aliphatic carbocycles. The van der Waals surface area contributed by atoms with E-state index in [-0.39, 0.29) is 5.91 Å². The summed E-state index contributed by atoms with van der Waals surface area (Å²) >= 11 is 1.59. The SMILES string of the molecule is CN1CC2CN(C(=O)c3ccsc3)CC2C1. The van der Waals surface area contributed by atoms with E-state index in [2.05, 4.69) is 11.9 Å². The van der Waals surface area contributed by atoms with Crippen LogP contribution >= 0.6 is 11.3 Å². The van der Waals surface area contributed by atoms with Crippen LogP contribution in [0.4, 0.5) is 0 Å². The molecule has 86 valence electrons. The van der Waals surface area contributed by atoms with Crippen LogP contribution in [0.15, 0.2) is 16.8 Å². The lowest BCUT2D eigenvalue weighted by Crippen LogP contribution is -2.32. The zero-order chi connectivity index (χ0) is 11.1. The quantitative estimate of drug-likeness (QED) is 0.735. The fourth-order valence-corrected chi connectivity index (χ4v) is 3.59. The summed E-state index contributed by atoms with van der Waals surface area (Å²) in [5.74, 6) is 1.62. The molecule has 4 heteroatoms. The minimum absolute atomic E-state index is 0.221. The van der Waals surface area contributed by atoms with Gasteiger partial charge in [0, 0.05) is 31.6 Å². The van der Waals surface area contributed by atoms with Crippen LogP contribution in [0.3, 0.4) is 0 Å². The van der Waals surface area contributed by atoms with Crippen molar-refractivity contribution < 1.29 is 4.79 Å². The van der Waals surface area contributed by atoms with E-state index >= 15 is 0 Å². The molecule has 16 heavy (non-hydrogen) atoms. The molecule has 0 N–H and O–H groups in total. The first kappa shape index (κ1) is 10.3. The van der Waals surface area contributed by atoms with Crippen LogP contribution in [-0.4, -0.2) is 48.9 Å². The average Bonchev–Trinajstić information content (AvgIpc) is 2.89. The van der Waals surface area contributed by atoms with Crippen LogP contribution in [0.25, 0.3) is 0 Å². The zero-order valence-corrected chi connectivity index (χ0v) is 10.2. The van der Waals surface area contributed by atoms with Crippen molar-refractivity contribution >= 4 is 17.2 Å². The average molecular weight is 236 g/mol. The van der Waals surface area contributed by atoms with Gasteiger partial charge in [0.1, 0.15) is 0 Å². The smallest absolute Gasteiger partial charge is 0.254 e. The lowest BCUT2D eigenvalue weighted by Gasteiger charge is -2.18. The number of thiophene rings is 1. The van der Waals surface area contributed by atoms with Gasteiger partial charge in [-0.25, -0.2) is 0 Å². The third-order valence-electron chi connectivity index (χ3n) is 3.72. The normalized spacial score (nSPS) is 29.7. The predicted molar refractivity (Wildman–Crippen MR) is 64.7 cm³/mol. The van der Waals surface area contributed by atoms with Gasteiger partial charge >= 0.3 is 0 Å². The summed E-state index contributed by atoms with van der Waals surface area (Å²) in [5, 5.41) is 3.92. The Bertz CT molecular complexity index is 376. The van der Waals surface area contributed by atoms with Gasteiger partial charge in [0.15, 0.2) is 0 Å². The van der Waals surface area contributed by atoms with E-state index in [4.69, 9.17) is 0 Å². The molecule has 1 aromatic rings. The standard InChI is InChI=1S/C12H16N2OS/c1-13-4-10-6-14(7-11(10)5-13)12(15)9-2-3-16-8-9/h2-3,8,10-11H,4-7H2,1H3. The topological polar surface area (TPSA) is 23.6 Å². The third kappa shape index (κ3) is 1.66. The fraction of sp³-hybridized carbons (Fsp3) is 0.583. The largest absolute Gasteiger partial charge is 0.338 e. The van der Waals surface area contributed by atoms with E-state index in [1.807, 2.05) is 21.7 Å². The van der Waals surface area contributed by atoms with E-state index in [1.165, 1.54) is 0 Å². The maximum absolute atomic E-state index is 12.1. The number of likely N-dealkylation sites (tertiary alicyclic amines) is 2.